The van der Waals surface area contributed by atoms with Crippen LogP contribution in [-0.4, -0.2) is 5.97 Å². The van der Waals surface area contributed by atoms with Crippen molar-refractivity contribution in [2.75, 3.05) is 0 Å². The van der Waals surface area contributed by atoms with Crippen LogP contribution >= 0.6 is 0 Å². The Kier molecular flexibility index (Phi) is 4.15. The van der Waals surface area contributed by atoms with Crippen molar-refractivity contribution in [3.8, 4) is 5.75 Å². The van der Waals surface area contributed by atoms with Crippen molar-refractivity contribution >= 4 is 5.97 Å². The summed E-state index contributed by atoms with van der Waals surface area (Å²) in [7, 11) is 0. The summed E-state index contributed by atoms with van der Waals surface area (Å²) in [5.41, 5.74) is 6.04. The molecule has 2 aromatic carbocycles. The summed E-state index contributed by atoms with van der Waals surface area (Å²) in [5.74, 6) is -0.391. The zero-order valence-electron chi connectivity index (χ0n) is 10.5. The lowest BCUT2D eigenvalue weighted by molar-refractivity contribution is -0.386. The molecule has 0 saturated carbocycles. The molecule has 19 heavy (non-hydrogen) atoms. The van der Waals surface area contributed by atoms with Crippen LogP contribution in [0.25, 0.3) is 0 Å². The van der Waals surface area contributed by atoms with Crippen LogP contribution in [0.2, 0.25) is 0 Å². The van der Waals surface area contributed by atoms with E-state index in [0.29, 0.717) is 6.61 Å². The van der Waals surface area contributed by atoms with Gasteiger partial charge in [-0.25, -0.2) is 0 Å². The predicted octanol–water partition coefficient (Wildman–Crippen LogP) is 0.371. The standard InChI is InChI=1S/C15H15NO3/c16-9-11-3-7-14(8-4-11)19-10-12-1-5-13(6-2-12)15(17)18/h1-8H,9-10,16H2,(H,17,18). The summed E-state index contributed by atoms with van der Waals surface area (Å²) >= 11 is 0. The van der Waals surface area contributed by atoms with Crippen molar-refractivity contribution in [1.29, 1.82) is 0 Å². The minimum absolute atomic E-state index is 0.170. The van der Waals surface area contributed by atoms with Crippen LogP contribution in [0.15, 0.2) is 48.5 Å². The van der Waals surface area contributed by atoms with Gasteiger partial charge in [-0.2, -0.15) is 0 Å². The molecule has 0 unspecified atom stereocenters. The number of quaternary nitrogens is 1. The summed E-state index contributed by atoms with van der Waals surface area (Å²) in [6.45, 7) is 1.15. The van der Waals surface area contributed by atoms with Crippen molar-refractivity contribution < 1.29 is 20.4 Å². The number of ether oxygens (including phenoxy) is 1. The largest absolute Gasteiger partial charge is 0.545 e. The van der Waals surface area contributed by atoms with Gasteiger partial charge in [0, 0.05) is 5.56 Å². The Morgan fingerprint density at radius 1 is 1.00 bits per heavy atom. The Labute approximate surface area is 111 Å². The minimum Gasteiger partial charge on any atom is -0.545 e. The van der Waals surface area contributed by atoms with Gasteiger partial charge in [0.25, 0.3) is 0 Å². The van der Waals surface area contributed by atoms with Crippen LogP contribution in [0.5, 0.6) is 5.75 Å². The van der Waals surface area contributed by atoms with Gasteiger partial charge in [0.15, 0.2) is 0 Å². The number of benzene rings is 2. The van der Waals surface area contributed by atoms with Crippen LogP contribution in [-0.2, 0) is 13.2 Å². The molecule has 3 N–H and O–H groups in total. The molecule has 0 spiro atoms. The van der Waals surface area contributed by atoms with E-state index in [1.54, 1.807) is 12.1 Å². The maximum absolute atomic E-state index is 10.6. The number of aromatic carboxylic acids is 1. The van der Waals surface area contributed by atoms with E-state index in [2.05, 4.69) is 5.73 Å². The minimum atomic E-state index is -1.17. The number of carboxylic acids is 1. The van der Waals surface area contributed by atoms with Gasteiger partial charge in [-0.3, -0.25) is 0 Å². The highest BCUT2D eigenvalue weighted by Gasteiger charge is 1.98. The molecule has 0 aromatic heterocycles. The first-order chi connectivity index (χ1) is 9.19. The molecule has 0 heterocycles. The van der Waals surface area contributed by atoms with Gasteiger partial charge < -0.3 is 20.4 Å². The molecule has 0 bridgehead atoms. The Hall–Kier alpha value is -2.33. The van der Waals surface area contributed by atoms with Crippen molar-refractivity contribution in [3.63, 3.8) is 0 Å². The van der Waals surface area contributed by atoms with Crippen molar-refractivity contribution in [2.24, 2.45) is 0 Å². The van der Waals surface area contributed by atoms with E-state index in [1.807, 2.05) is 24.3 Å². The van der Waals surface area contributed by atoms with Gasteiger partial charge in [-0.1, -0.05) is 24.3 Å². The number of hydrogen-bond acceptors (Lipinski definition) is 3. The monoisotopic (exact) mass is 257 g/mol. The van der Waals surface area contributed by atoms with E-state index >= 15 is 0 Å². The SMILES string of the molecule is [NH3+]Cc1ccc(OCc2ccc(C(=O)[O-])cc2)cc1. The highest BCUT2D eigenvalue weighted by Crippen LogP contribution is 2.14. The fraction of sp³-hybridized carbons (Fsp3) is 0.133. The van der Waals surface area contributed by atoms with E-state index in [1.165, 1.54) is 12.1 Å². The van der Waals surface area contributed by atoms with E-state index in [0.717, 1.165) is 23.4 Å². The second-order valence-corrected chi connectivity index (χ2v) is 4.17. The summed E-state index contributed by atoms with van der Waals surface area (Å²) in [6, 6.07) is 14.2. The number of hydrogen-bond donors (Lipinski definition) is 1. The number of carbonyl (C=O) groups is 1. The van der Waals surface area contributed by atoms with Crippen LogP contribution in [0.4, 0.5) is 0 Å². The molecule has 4 nitrogen and oxygen atoms in total. The first-order valence-corrected chi connectivity index (χ1v) is 6.00. The fourth-order valence-electron chi connectivity index (χ4n) is 1.66. The lowest BCUT2D eigenvalue weighted by Gasteiger charge is -2.08. The van der Waals surface area contributed by atoms with Gasteiger partial charge in [-0.15, -0.1) is 0 Å². The predicted molar refractivity (Wildman–Crippen MR) is 68.1 cm³/mol. The van der Waals surface area contributed by atoms with Crippen LogP contribution in [0.3, 0.4) is 0 Å². The number of carboxylic acid groups (broad SMARTS) is 1. The molecule has 0 aliphatic carbocycles. The number of carbonyl (C=O) groups excluding carboxylic acids is 1. The second-order valence-electron chi connectivity index (χ2n) is 4.17. The molecular formula is C15H15NO3. The number of rotatable bonds is 5. The Morgan fingerprint density at radius 2 is 1.58 bits per heavy atom. The quantitative estimate of drug-likeness (QED) is 0.840. The van der Waals surface area contributed by atoms with Crippen LogP contribution < -0.4 is 15.6 Å². The third-order valence-corrected chi connectivity index (χ3v) is 2.81. The fourth-order valence-corrected chi connectivity index (χ4v) is 1.66. The average Bonchev–Trinajstić information content (AvgIpc) is 2.46. The maximum Gasteiger partial charge on any atom is 0.119 e. The lowest BCUT2D eigenvalue weighted by atomic mass is 10.1. The second kappa shape index (κ2) is 6.02. The molecule has 0 saturated heterocycles. The average molecular weight is 257 g/mol. The van der Waals surface area contributed by atoms with E-state index in [-0.39, 0.29) is 5.56 Å². The molecule has 0 radical (unpaired) electrons. The van der Waals surface area contributed by atoms with Crippen molar-refractivity contribution in [3.05, 3.63) is 65.2 Å². The smallest absolute Gasteiger partial charge is 0.119 e. The van der Waals surface area contributed by atoms with E-state index in [4.69, 9.17) is 4.74 Å². The van der Waals surface area contributed by atoms with Crippen molar-refractivity contribution in [2.45, 2.75) is 13.2 Å². The van der Waals surface area contributed by atoms with Crippen molar-refractivity contribution in [1.82, 2.24) is 0 Å². The van der Waals surface area contributed by atoms with Gasteiger partial charge in [-0.05, 0) is 35.4 Å². The van der Waals surface area contributed by atoms with Gasteiger partial charge in [0.2, 0.25) is 0 Å². The molecule has 0 aliphatic heterocycles. The van der Waals surface area contributed by atoms with Gasteiger partial charge in [0.1, 0.15) is 12.4 Å². The molecule has 4 heteroatoms. The van der Waals surface area contributed by atoms with Gasteiger partial charge >= 0.3 is 0 Å². The van der Waals surface area contributed by atoms with E-state index < -0.39 is 5.97 Å². The van der Waals surface area contributed by atoms with Gasteiger partial charge in [0.05, 0.1) is 12.5 Å². The topological polar surface area (TPSA) is 77.0 Å². The maximum atomic E-state index is 10.6. The molecule has 0 atom stereocenters. The van der Waals surface area contributed by atoms with E-state index in [9.17, 15) is 9.90 Å². The molecule has 0 aliphatic rings. The Bertz CT molecular complexity index is 547. The molecule has 98 valence electrons. The summed E-state index contributed by atoms with van der Waals surface area (Å²) in [6.07, 6.45) is 0. The highest BCUT2D eigenvalue weighted by atomic mass is 16.5. The molecule has 2 rings (SSSR count). The Balaban J connectivity index is 1.95. The summed E-state index contributed by atoms with van der Waals surface area (Å²) in [4.78, 5) is 10.6. The lowest BCUT2D eigenvalue weighted by Crippen LogP contribution is -2.47. The summed E-state index contributed by atoms with van der Waals surface area (Å²) in [5, 5.41) is 10.6. The first-order valence-electron chi connectivity index (χ1n) is 6.00. The third-order valence-electron chi connectivity index (χ3n) is 2.81. The van der Waals surface area contributed by atoms with Crippen LogP contribution in [0.1, 0.15) is 21.5 Å². The summed E-state index contributed by atoms with van der Waals surface area (Å²) < 4.78 is 5.61. The highest BCUT2D eigenvalue weighted by molar-refractivity contribution is 5.85. The third kappa shape index (κ3) is 3.56. The first kappa shape index (κ1) is 13.1. The molecule has 0 amide bonds. The molecular weight excluding hydrogens is 242 g/mol. The Morgan fingerprint density at radius 3 is 2.11 bits per heavy atom. The molecule has 0 fully saturated rings. The normalized spacial score (nSPS) is 10.2. The zero-order chi connectivity index (χ0) is 13.7. The van der Waals surface area contributed by atoms with Crippen LogP contribution in [0, 0.1) is 0 Å². The molecule has 2 aromatic rings. The zero-order valence-corrected chi connectivity index (χ0v) is 10.5.